The van der Waals surface area contributed by atoms with Crippen molar-refractivity contribution in [1.29, 1.82) is 0 Å². The number of carbonyl (C=O) groups excluding carboxylic acids is 2. The van der Waals surface area contributed by atoms with Crippen molar-refractivity contribution in [3.63, 3.8) is 0 Å². The van der Waals surface area contributed by atoms with Crippen molar-refractivity contribution in [3.05, 3.63) is 90.0 Å². The predicted molar refractivity (Wildman–Crippen MR) is 117 cm³/mol. The second-order valence-corrected chi connectivity index (χ2v) is 6.92. The van der Waals surface area contributed by atoms with Crippen LogP contribution in [-0.2, 0) is 11.3 Å². The lowest BCUT2D eigenvalue weighted by molar-refractivity contribution is -0.117. The summed E-state index contributed by atoms with van der Waals surface area (Å²) in [5.41, 5.74) is 3.52. The molecule has 8 nitrogen and oxygen atoms in total. The Morgan fingerprint density at radius 2 is 1.58 bits per heavy atom. The van der Waals surface area contributed by atoms with Gasteiger partial charge in [-0.2, -0.15) is 4.80 Å². The zero-order valence-electron chi connectivity index (χ0n) is 16.8. The van der Waals surface area contributed by atoms with Gasteiger partial charge in [0.25, 0.3) is 5.91 Å². The van der Waals surface area contributed by atoms with E-state index in [0.29, 0.717) is 28.3 Å². The van der Waals surface area contributed by atoms with Crippen LogP contribution in [0, 0.1) is 6.92 Å². The molecule has 0 atom stereocenters. The molecule has 4 aromatic rings. The van der Waals surface area contributed by atoms with E-state index in [2.05, 4.69) is 26.0 Å². The number of nitrogens with one attached hydrogen (secondary N) is 2. The number of rotatable bonds is 6. The Kier molecular flexibility index (Phi) is 5.79. The van der Waals surface area contributed by atoms with Gasteiger partial charge in [-0.05, 0) is 48.5 Å². The van der Waals surface area contributed by atoms with Gasteiger partial charge in [0.1, 0.15) is 6.54 Å². The average Bonchev–Trinajstić information content (AvgIpc) is 3.24. The second-order valence-electron chi connectivity index (χ2n) is 6.92. The molecule has 0 aliphatic rings. The molecule has 31 heavy (non-hydrogen) atoms. The van der Waals surface area contributed by atoms with Gasteiger partial charge in [0.05, 0.1) is 5.69 Å². The van der Waals surface area contributed by atoms with E-state index < -0.39 is 0 Å². The van der Waals surface area contributed by atoms with Crippen molar-refractivity contribution in [1.82, 2.24) is 20.2 Å². The van der Waals surface area contributed by atoms with E-state index in [-0.39, 0.29) is 18.4 Å². The third-order valence-corrected chi connectivity index (χ3v) is 4.53. The predicted octanol–water partition coefficient (Wildman–Crippen LogP) is 3.54. The van der Waals surface area contributed by atoms with E-state index in [1.807, 2.05) is 49.4 Å². The van der Waals surface area contributed by atoms with Gasteiger partial charge < -0.3 is 10.6 Å². The number of para-hydroxylation sites is 1. The van der Waals surface area contributed by atoms with Gasteiger partial charge in [0.15, 0.2) is 0 Å². The maximum atomic E-state index is 12.5. The van der Waals surface area contributed by atoms with Gasteiger partial charge in [0, 0.05) is 16.8 Å². The summed E-state index contributed by atoms with van der Waals surface area (Å²) in [6, 6.07) is 23.6. The van der Waals surface area contributed by atoms with Crippen LogP contribution < -0.4 is 10.6 Å². The van der Waals surface area contributed by atoms with Crippen LogP contribution in [0.25, 0.3) is 11.4 Å². The van der Waals surface area contributed by atoms with Crippen LogP contribution in [-0.4, -0.2) is 32.0 Å². The van der Waals surface area contributed by atoms with Crippen LogP contribution in [0.1, 0.15) is 15.9 Å². The minimum absolute atomic E-state index is 0.0839. The third kappa shape index (κ3) is 4.99. The van der Waals surface area contributed by atoms with E-state index >= 15 is 0 Å². The monoisotopic (exact) mass is 412 g/mol. The maximum Gasteiger partial charge on any atom is 0.255 e. The maximum absolute atomic E-state index is 12.5. The van der Waals surface area contributed by atoms with Crippen LogP contribution in [0.15, 0.2) is 78.9 Å². The van der Waals surface area contributed by atoms with E-state index in [0.717, 1.165) is 5.56 Å². The first-order valence-corrected chi connectivity index (χ1v) is 9.68. The molecule has 0 unspecified atom stereocenters. The molecule has 0 saturated carbocycles. The van der Waals surface area contributed by atoms with Crippen molar-refractivity contribution >= 4 is 23.2 Å². The Hall–Kier alpha value is -4.33. The first kappa shape index (κ1) is 20.0. The number of aryl methyl sites for hydroxylation is 1. The molecule has 2 amide bonds. The van der Waals surface area contributed by atoms with E-state index in [1.165, 1.54) is 4.80 Å². The van der Waals surface area contributed by atoms with Crippen LogP contribution in [0.4, 0.5) is 11.4 Å². The number of hydrogen-bond acceptors (Lipinski definition) is 5. The van der Waals surface area contributed by atoms with Gasteiger partial charge in [-0.15, -0.1) is 10.2 Å². The first-order chi connectivity index (χ1) is 15.1. The Morgan fingerprint density at radius 1 is 0.871 bits per heavy atom. The van der Waals surface area contributed by atoms with Crippen molar-refractivity contribution in [3.8, 4) is 11.4 Å². The lowest BCUT2D eigenvalue weighted by atomic mass is 10.1. The molecule has 0 bridgehead atoms. The van der Waals surface area contributed by atoms with Gasteiger partial charge >= 0.3 is 0 Å². The molecule has 0 radical (unpaired) electrons. The Balaban J connectivity index is 1.47. The number of tetrazole rings is 1. The van der Waals surface area contributed by atoms with Crippen molar-refractivity contribution in [2.24, 2.45) is 0 Å². The molecule has 3 aromatic carbocycles. The quantitative estimate of drug-likeness (QED) is 0.504. The molecular weight excluding hydrogens is 392 g/mol. The second kappa shape index (κ2) is 9.00. The third-order valence-electron chi connectivity index (χ3n) is 4.53. The fourth-order valence-electron chi connectivity index (χ4n) is 2.96. The van der Waals surface area contributed by atoms with E-state index in [9.17, 15) is 9.59 Å². The number of aromatic nitrogens is 4. The summed E-state index contributed by atoms with van der Waals surface area (Å²) in [6.07, 6.45) is 0. The number of amides is 2. The molecule has 2 N–H and O–H groups in total. The summed E-state index contributed by atoms with van der Waals surface area (Å²) in [6.45, 7) is 1.89. The molecule has 0 aliphatic carbocycles. The summed E-state index contributed by atoms with van der Waals surface area (Å²) in [7, 11) is 0. The number of hydrogen-bond donors (Lipinski definition) is 2. The minimum atomic E-state index is -0.265. The molecule has 8 heteroatoms. The summed E-state index contributed by atoms with van der Waals surface area (Å²) >= 11 is 0. The average molecular weight is 412 g/mol. The number of nitrogens with zero attached hydrogens (tertiary/aromatic N) is 4. The molecule has 0 saturated heterocycles. The zero-order chi connectivity index (χ0) is 21.6. The largest absolute Gasteiger partial charge is 0.324 e. The standard InChI is InChI=1S/C23H20N6O2/c1-16-11-13-18(14-12-16)24-21(30)15-29-27-22(26-28-29)19-9-5-6-10-20(19)25-23(31)17-7-3-2-4-8-17/h2-14H,15H2,1H3,(H,24,30)(H,25,31). The van der Waals surface area contributed by atoms with Gasteiger partial charge in [-0.1, -0.05) is 48.0 Å². The molecule has 154 valence electrons. The summed E-state index contributed by atoms with van der Waals surface area (Å²) in [5.74, 6) is -0.191. The Bertz CT molecular complexity index is 1200. The minimum Gasteiger partial charge on any atom is -0.324 e. The van der Waals surface area contributed by atoms with Gasteiger partial charge in [-0.25, -0.2) is 0 Å². The van der Waals surface area contributed by atoms with Crippen LogP contribution >= 0.6 is 0 Å². The van der Waals surface area contributed by atoms with Crippen LogP contribution in [0.5, 0.6) is 0 Å². The lowest BCUT2D eigenvalue weighted by Crippen LogP contribution is -2.20. The Labute approximate surface area is 178 Å². The highest BCUT2D eigenvalue weighted by Crippen LogP contribution is 2.24. The van der Waals surface area contributed by atoms with Crippen molar-refractivity contribution < 1.29 is 9.59 Å². The molecule has 4 rings (SSSR count). The highest BCUT2D eigenvalue weighted by Gasteiger charge is 2.15. The highest BCUT2D eigenvalue weighted by molar-refractivity contribution is 6.06. The molecule has 1 aromatic heterocycles. The summed E-state index contributed by atoms with van der Waals surface area (Å²) in [5, 5.41) is 18.0. The lowest BCUT2D eigenvalue weighted by Gasteiger charge is -2.08. The first-order valence-electron chi connectivity index (χ1n) is 9.68. The van der Waals surface area contributed by atoms with Crippen LogP contribution in [0.2, 0.25) is 0 Å². The molecular formula is C23H20N6O2. The topological polar surface area (TPSA) is 102 Å². The van der Waals surface area contributed by atoms with Crippen molar-refractivity contribution in [2.75, 3.05) is 10.6 Å². The van der Waals surface area contributed by atoms with E-state index in [4.69, 9.17) is 0 Å². The number of anilines is 2. The zero-order valence-corrected chi connectivity index (χ0v) is 16.8. The van der Waals surface area contributed by atoms with Crippen LogP contribution in [0.3, 0.4) is 0 Å². The number of carbonyl (C=O) groups is 2. The SMILES string of the molecule is Cc1ccc(NC(=O)Cn2nnc(-c3ccccc3NC(=O)c3ccccc3)n2)cc1. The molecule has 0 fully saturated rings. The molecule has 0 aliphatic heterocycles. The Morgan fingerprint density at radius 3 is 2.35 bits per heavy atom. The fourth-order valence-corrected chi connectivity index (χ4v) is 2.96. The molecule has 1 heterocycles. The van der Waals surface area contributed by atoms with Gasteiger partial charge in [0.2, 0.25) is 11.7 Å². The smallest absolute Gasteiger partial charge is 0.255 e. The molecule has 0 spiro atoms. The summed E-state index contributed by atoms with van der Waals surface area (Å²) < 4.78 is 0. The fraction of sp³-hybridized carbons (Fsp3) is 0.0870. The number of benzene rings is 3. The highest BCUT2D eigenvalue weighted by atomic mass is 16.2. The summed E-state index contributed by atoms with van der Waals surface area (Å²) in [4.78, 5) is 26.0. The van der Waals surface area contributed by atoms with E-state index in [1.54, 1.807) is 36.4 Å². The van der Waals surface area contributed by atoms with Crippen molar-refractivity contribution in [2.45, 2.75) is 13.5 Å². The normalized spacial score (nSPS) is 10.5. The van der Waals surface area contributed by atoms with Gasteiger partial charge in [-0.3, -0.25) is 9.59 Å².